The van der Waals surface area contributed by atoms with Crippen LogP contribution in [-0.4, -0.2) is 82.3 Å². The van der Waals surface area contributed by atoms with Crippen LogP contribution in [0.15, 0.2) is 20.7 Å². The maximum Gasteiger partial charge on any atom is 0.249 e. The van der Waals surface area contributed by atoms with Crippen molar-refractivity contribution in [3.05, 3.63) is 32.2 Å². The highest BCUT2D eigenvalue weighted by molar-refractivity contribution is 7.10. The number of aromatic nitrogens is 2. The third-order valence-electron chi connectivity index (χ3n) is 9.75. The van der Waals surface area contributed by atoms with Crippen LogP contribution in [0.25, 0.3) is 0 Å². The summed E-state index contributed by atoms with van der Waals surface area (Å²) in [5.41, 5.74) is 0.904. The first-order chi connectivity index (χ1) is 24.2. The summed E-state index contributed by atoms with van der Waals surface area (Å²) in [6, 6.07) is -4.34. The number of thiazole rings is 2. The van der Waals surface area contributed by atoms with Crippen molar-refractivity contribution in [1.82, 2.24) is 31.2 Å². The Bertz CT molecular complexity index is 1670. The smallest absolute Gasteiger partial charge is 0.249 e. The average Bonchev–Trinajstić information content (AvgIpc) is 3.92. The number of hydrogen-bond acceptors (Lipinski definition) is 12. The highest BCUT2D eigenvalue weighted by Crippen LogP contribution is 2.30. The van der Waals surface area contributed by atoms with Crippen LogP contribution in [0, 0.1) is 23.7 Å². The molecule has 51 heavy (non-hydrogen) atoms. The number of carbonyl (C=O) groups is 4. The number of rotatable bonds is 6. The van der Waals surface area contributed by atoms with Crippen molar-refractivity contribution in [2.75, 3.05) is 6.61 Å². The second kappa shape index (κ2) is 16.2. The quantitative estimate of drug-likeness (QED) is 0.345. The van der Waals surface area contributed by atoms with Crippen LogP contribution in [0.4, 0.5) is 0 Å². The van der Waals surface area contributed by atoms with E-state index in [1.807, 2.05) is 55.4 Å². The number of amides is 4. The Morgan fingerprint density at radius 2 is 1.16 bits per heavy atom. The van der Waals surface area contributed by atoms with E-state index in [2.05, 4.69) is 31.3 Å². The molecular formula is C35H50N8O6S2. The van der Waals surface area contributed by atoms with Gasteiger partial charge in [-0.15, -0.1) is 22.7 Å². The molecule has 2 aromatic heterocycles. The second-order valence-corrected chi connectivity index (χ2v) is 16.1. The number of hydrogen-bond donors (Lipinski definition) is 4. The van der Waals surface area contributed by atoms with Crippen LogP contribution in [0.1, 0.15) is 109 Å². The molecule has 0 saturated carbocycles. The highest BCUT2D eigenvalue weighted by Gasteiger charge is 2.39. The first-order valence-electron chi connectivity index (χ1n) is 17.8. The van der Waals surface area contributed by atoms with E-state index in [1.54, 1.807) is 17.7 Å². The van der Waals surface area contributed by atoms with E-state index < -0.39 is 54.2 Å². The summed E-state index contributed by atoms with van der Waals surface area (Å²) in [5.74, 6) is -1.48. The second-order valence-electron chi connectivity index (χ2n) is 14.3. The number of carbonyl (C=O) groups excluding carboxylic acids is 4. The van der Waals surface area contributed by atoms with Crippen molar-refractivity contribution < 1.29 is 28.7 Å². The third kappa shape index (κ3) is 8.43. The lowest BCUT2D eigenvalue weighted by Crippen LogP contribution is -2.54. The zero-order valence-corrected chi connectivity index (χ0v) is 32.3. The highest BCUT2D eigenvalue weighted by atomic mass is 32.1. The molecule has 0 saturated heterocycles. The van der Waals surface area contributed by atoms with Crippen molar-refractivity contribution >= 4 is 58.1 Å². The van der Waals surface area contributed by atoms with Gasteiger partial charge in [0.1, 0.15) is 46.2 Å². The van der Waals surface area contributed by atoms with Gasteiger partial charge >= 0.3 is 0 Å². The molecule has 0 fully saturated rings. The van der Waals surface area contributed by atoms with Gasteiger partial charge in [-0.2, -0.15) is 0 Å². The average molecular weight is 743 g/mol. The lowest BCUT2D eigenvalue weighted by Gasteiger charge is -2.28. The zero-order chi connectivity index (χ0) is 37.1. The molecule has 0 aliphatic carbocycles. The molecule has 9 atom stereocenters. The van der Waals surface area contributed by atoms with Crippen LogP contribution in [-0.2, 0) is 28.7 Å². The number of fused-ring (bicyclic) bond motifs is 8. The van der Waals surface area contributed by atoms with Crippen molar-refractivity contribution in [2.45, 2.75) is 118 Å². The lowest BCUT2D eigenvalue weighted by molar-refractivity contribution is -0.132. The molecule has 16 heteroatoms. The molecule has 5 rings (SSSR count). The summed E-state index contributed by atoms with van der Waals surface area (Å²) in [6.45, 7) is 17.4. The van der Waals surface area contributed by atoms with Crippen molar-refractivity contribution in [3.8, 4) is 0 Å². The maximum atomic E-state index is 13.9. The van der Waals surface area contributed by atoms with Gasteiger partial charge in [-0.05, 0) is 30.6 Å². The fourth-order valence-corrected chi connectivity index (χ4v) is 8.04. The number of ether oxygens (including phenoxy) is 2. The molecule has 0 aromatic carbocycles. The van der Waals surface area contributed by atoms with Crippen molar-refractivity contribution in [3.63, 3.8) is 0 Å². The molecule has 8 bridgehead atoms. The monoisotopic (exact) mass is 742 g/mol. The predicted molar refractivity (Wildman–Crippen MR) is 196 cm³/mol. The summed E-state index contributed by atoms with van der Waals surface area (Å²) in [7, 11) is 0. The molecule has 3 aliphatic rings. The minimum absolute atomic E-state index is 0.00554. The van der Waals surface area contributed by atoms with Crippen LogP contribution >= 0.6 is 22.7 Å². The summed E-state index contributed by atoms with van der Waals surface area (Å²) in [5, 5.41) is 17.0. The first-order valence-corrected chi connectivity index (χ1v) is 19.6. The Morgan fingerprint density at radius 3 is 1.65 bits per heavy atom. The van der Waals surface area contributed by atoms with E-state index >= 15 is 0 Å². The van der Waals surface area contributed by atoms with E-state index in [9.17, 15) is 19.2 Å². The van der Waals surface area contributed by atoms with E-state index in [4.69, 9.17) is 19.4 Å². The molecule has 3 aliphatic heterocycles. The van der Waals surface area contributed by atoms with Gasteiger partial charge < -0.3 is 30.7 Å². The Kier molecular flexibility index (Phi) is 12.2. The number of aliphatic imine (C=N–C) groups is 2. The summed E-state index contributed by atoms with van der Waals surface area (Å²) < 4.78 is 11.9. The molecule has 0 unspecified atom stereocenters. The summed E-state index contributed by atoms with van der Waals surface area (Å²) in [6.07, 6.45) is 0.703. The maximum absolute atomic E-state index is 13.9. The van der Waals surface area contributed by atoms with E-state index in [0.717, 1.165) is 0 Å². The fraction of sp³-hybridized carbons (Fsp3) is 0.657. The molecule has 4 amide bonds. The lowest BCUT2D eigenvalue weighted by atomic mass is 9.96. The van der Waals surface area contributed by atoms with Gasteiger partial charge in [0.15, 0.2) is 12.1 Å². The summed E-state index contributed by atoms with van der Waals surface area (Å²) in [4.78, 5) is 73.7. The van der Waals surface area contributed by atoms with Crippen LogP contribution < -0.4 is 21.3 Å². The largest absolute Gasteiger partial charge is 0.473 e. The molecule has 0 radical (unpaired) electrons. The van der Waals surface area contributed by atoms with Gasteiger partial charge in [0, 0.05) is 10.8 Å². The Hall–Kier alpha value is -3.92. The van der Waals surface area contributed by atoms with E-state index in [1.165, 1.54) is 22.7 Å². The topological polar surface area (TPSA) is 185 Å². The minimum Gasteiger partial charge on any atom is -0.473 e. The van der Waals surface area contributed by atoms with E-state index in [0.29, 0.717) is 34.2 Å². The predicted octanol–water partition coefficient (Wildman–Crippen LogP) is 3.68. The van der Waals surface area contributed by atoms with Gasteiger partial charge in [0.2, 0.25) is 35.4 Å². The van der Waals surface area contributed by atoms with Crippen molar-refractivity contribution in [1.29, 1.82) is 0 Å². The van der Waals surface area contributed by atoms with Gasteiger partial charge in [-0.25, -0.2) is 20.0 Å². The molecule has 4 N–H and O–H groups in total. The minimum atomic E-state index is -0.894. The van der Waals surface area contributed by atoms with Gasteiger partial charge in [-0.3, -0.25) is 19.2 Å². The summed E-state index contributed by atoms with van der Waals surface area (Å²) >= 11 is 2.70. The van der Waals surface area contributed by atoms with Crippen LogP contribution in [0.2, 0.25) is 0 Å². The molecule has 2 aromatic rings. The van der Waals surface area contributed by atoms with Crippen LogP contribution in [0.3, 0.4) is 0 Å². The SMILES string of the molecule is CC[C@@H](C)[C@@H]1NC(=O)[C@H]2N=C(O[C@@H]2C)c2csc(n2)[C@@H](C(C)C)NC(=O)[C@H]([C@@H](C)CC)NC(=O)[C@@H]2COC(=N2)c2csc(n2)[C@H](C(C)C)NC1=O. The van der Waals surface area contributed by atoms with Gasteiger partial charge in [-0.1, -0.05) is 68.2 Å². The number of nitrogens with zero attached hydrogens (tertiary/aromatic N) is 4. The standard InChI is InChI=1S/C35H50N8O6S2/c1-10-17(7)25-29(45)39-24(16(5)6)35-38-22(14-51-35)33-43-27(19(9)49-33)31(47)42-26(18(8)11-2)30(46)40-23(15(3)4)34-37-21(13-50-34)32-36-20(12-48-32)28(44)41-25/h13-20,23-27H,10-12H2,1-9H3,(H,39,45)(H,40,46)(H,41,44)(H,42,47)/t17-,18+,19+,20-,23-,24+,25-,26-,27-/m0/s1. The van der Waals surface area contributed by atoms with Gasteiger partial charge in [0.05, 0.1) is 12.1 Å². The molecule has 278 valence electrons. The first kappa shape index (κ1) is 38.3. The fourth-order valence-electron chi connectivity index (χ4n) is 6.01. The third-order valence-corrected chi connectivity index (χ3v) is 11.6. The number of nitrogens with one attached hydrogen (secondary N) is 4. The Balaban J connectivity index is 1.53. The normalized spacial score (nSPS) is 28.7. The van der Waals surface area contributed by atoms with Crippen LogP contribution in [0.5, 0.6) is 0 Å². The van der Waals surface area contributed by atoms with E-state index in [-0.39, 0.29) is 53.9 Å². The molecule has 0 spiro atoms. The van der Waals surface area contributed by atoms with Gasteiger partial charge in [0.25, 0.3) is 0 Å². The zero-order valence-electron chi connectivity index (χ0n) is 30.7. The molecule has 5 heterocycles. The Labute approximate surface area is 307 Å². The van der Waals surface area contributed by atoms with Crippen molar-refractivity contribution in [2.24, 2.45) is 33.7 Å². The molecule has 14 nitrogen and oxygen atoms in total. The molecular weight excluding hydrogens is 693 g/mol. The Morgan fingerprint density at radius 1 is 0.686 bits per heavy atom.